The van der Waals surface area contributed by atoms with E-state index in [1.807, 2.05) is 20.8 Å². The molecule has 1 aliphatic rings. The smallest absolute Gasteiger partial charge is 0.269 e. The van der Waals surface area contributed by atoms with Crippen molar-refractivity contribution in [2.75, 3.05) is 0 Å². The molecule has 2 aromatic carbocycles. The number of Topliss-reactive ketones (excluding diaryl/α,β-unsaturated/α-hetero) is 1. The SMILES string of the molecule is Cc1cc(Oc2cc(Cl)ccc2/C=c2\s/c(=C\C(=O)C(C)(C)C)n(Cc3nc4c(s3)CC(C)(C)CC4)c2=O)ccc1F. The molecule has 1 aliphatic carbocycles. The third-order valence-corrected chi connectivity index (χ3v) is 9.72. The van der Waals surface area contributed by atoms with Crippen LogP contribution in [0.25, 0.3) is 12.2 Å². The van der Waals surface area contributed by atoms with Crippen molar-refractivity contribution >= 4 is 52.2 Å². The van der Waals surface area contributed by atoms with Crippen molar-refractivity contribution in [3.63, 3.8) is 0 Å². The van der Waals surface area contributed by atoms with Gasteiger partial charge in [0.2, 0.25) is 0 Å². The van der Waals surface area contributed by atoms with Crippen molar-refractivity contribution in [2.24, 2.45) is 10.8 Å². The number of rotatable bonds is 6. The maximum atomic E-state index is 13.9. The lowest BCUT2D eigenvalue weighted by Gasteiger charge is -2.28. The summed E-state index contributed by atoms with van der Waals surface area (Å²) in [6, 6.07) is 9.67. The fraction of sp³-hybridized carbons (Fsp3) is 0.364. The van der Waals surface area contributed by atoms with Gasteiger partial charge in [0, 0.05) is 33.0 Å². The van der Waals surface area contributed by atoms with E-state index in [1.165, 1.54) is 22.3 Å². The monoisotopic (exact) mass is 624 g/mol. The zero-order valence-corrected chi connectivity index (χ0v) is 27.0. The highest BCUT2D eigenvalue weighted by Crippen LogP contribution is 2.37. The van der Waals surface area contributed by atoms with Gasteiger partial charge in [-0.3, -0.25) is 14.2 Å². The Bertz CT molecular complexity index is 1860. The summed E-state index contributed by atoms with van der Waals surface area (Å²) in [6.07, 6.45) is 6.32. The first-order valence-corrected chi connectivity index (χ1v) is 15.9. The standard InChI is InChI=1S/C33H34ClFN2O3S2/c1-19-13-22(9-10-23(19)35)40-25-15-21(34)8-7-20(25)14-26-31(39)37(30(42-26)16-28(38)32(2,3)4)18-29-36-24-11-12-33(5,6)17-27(24)41-29/h7-10,13-16H,11-12,17-18H2,1-6H3/b26-14-,30-16-. The van der Waals surface area contributed by atoms with E-state index in [0.717, 1.165) is 30.0 Å². The van der Waals surface area contributed by atoms with Gasteiger partial charge in [0.05, 0.1) is 16.8 Å². The van der Waals surface area contributed by atoms with Gasteiger partial charge in [-0.05, 0) is 73.6 Å². The van der Waals surface area contributed by atoms with Gasteiger partial charge in [-0.25, -0.2) is 9.37 Å². The number of thiazole rings is 2. The minimum atomic E-state index is -0.592. The highest BCUT2D eigenvalue weighted by Gasteiger charge is 2.28. The lowest BCUT2D eigenvalue weighted by molar-refractivity contribution is -0.120. The van der Waals surface area contributed by atoms with Crippen LogP contribution in [0.3, 0.4) is 0 Å². The number of aromatic nitrogens is 2. The van der Waals surface area contributed by atoms with Crippen LogP contribution < -0.4 is 19.5 Å². The number of fused-ring (bicyclic) bond motifs is 1. The quantitative estimate of drug-likeness (QED) is 0.231. The average molecular weight is 625 g/mol. The predicted octanol–water partition coefficient (Wildman–Crippen LogP) is 7.05. The van der Waals surface area contributed by atoms with E-state index in [9.17, 15) is 14.0 Å². The lowest BCUT2D eigenvalue weighted by atomic mass is 9.79. The minimum absolute atomic E-state index is 0.0635. The molecule has 0 atom stereocenters. The highest BCUT2D eigenvalue weighted by molar-refractivity contribution is 7.11. The number of ketones is 1. The van der Waals surface area contributed by atoms with E-state index >= 15 is 0 Å². The molecule has 2 heterocycles. The highest BCUT2D eigenvalue weighted by atomic mass is 35.5. The molecule has 0 saturated heterocycles. The molecule has 2 aromatic heterocycles. The number of aryl methyl sites for hydroxylation is 2. The second-order valence-electron chi connectivity index (χ2n) is 12.6. The van der Waals surface area contributed by atoms with Crippen LogP contribution in [0.4, 0.5) is 4.39 Å². The summed E-state index contributed by atoms with van der Waals surface area (Å²) in [5.41, 5.74) is 1.65. The number of carbonyl (C=O) groups is 1. The van der Waals surface area contributed by atoms with Crippen LogP contribution in [0.2, 0.25) is 5.02 Å². The van der Waals surface area contributed by atoms with Gasteiger partial charge < -0.3 is 4.74 Å². The maximum Gasteiger partial charge on any atom is 0.269 e. The van der Waals surface area contributed by atoms with Gasteiger partial charge in [-0.1, -0.05) is 46.2 Å². The van der Waals surface area contributed by atoms with Crippen LogP contribution in [-0.2, 0) is 24.2 Å². The summed E-state index contributed by atoms with van der Waals surface area (Å²) < 4.78 is 22.6. The summed E-state index contributed by atoms with van der Waals surface area (Å²) in [7, 11) is 0. The molecule has 0 radical (unpaired) electrons. The molecule has 0 spiro atoms. The average Bonchev–Trinajstić information content (AvgIpc) is 3.41. The second-order valence-corrected chi connectivity index (χ2v) is 15.3. The summed E-state index contributed by atoms with van der Waals surface area (Å²) in [4.78, 5) is 33.1. The number of benzene rings is 2. The minimum Gasteiger partial charge on any atom is -0.457 e. The molecule has 220 valence electrons. The Morgan fingerprint density at radius 3 is 2.67 bits per heavy atom. The fourth-order valence-electron chi connectivity index (χ4n) is 4.74. The number of hydrogen-bond acceptors (Lipinski definition) is 6. The molecule has 5 nitrogen and oxygen atoms in total. The third-order valence-electron chi connectivity index (χ3n) is 7.34. The van der Waals surface area contributed by atoms with Crippen molar-refractivity contribution in [1.82, 2.24) is 9.55 Å². The third kappa shape index (κ3) is 6.77. The summed E-state index contributed by atoms with van der Waals surface area (Å²) in [5, 5.41) is 1.33. The molecule has 0 bridgehead atoms. The van der Waals surface area contributed by atoms with E-state index in [-0.39, 0.29) is 22.6 Å². The normalized spacial score (nSPS) is 15.6. The number of nitrogens with zero attached hydrogens (tertiary/aromatic N) is 2. The lowest BCUT2D eigenvalue weighted by Crippen LogP contribution is -2.32. The van der Waals surface area contributed by atoms with Crippen molar-refractivity contribution in [3.05, 3.63) is 93.5 Å². The molecular weight excluding hydrogens is 591 g/mol. The summed E-state index contributed by atoms with van der Waals surface area (Å²) in [5.74, 6) is 0.499. The van der Waals surface area contributed by atoms with Gasteiger partial charge >= 0.3 is 0 Å². The Hall–Kier alpha value is -3.07. The van der Waals surface area contributed by atoms with Gasteiger partial charge in [-0.2, -0.15) is 0 Å². The van der Waals surface area contributed by atoms with Crippen molar-refractivity contribution in [1.29, 1.82) is 0 Å². The number of hydrogen-bond donors (Lipinski definition) is 0. The molecule has 0 fully saturated rings. The zero-order valence-electron chi connectivity index (χ0n) is 24.6. The predicted molar refractivity (Wildman–Crippen MR) is 170 cm³/mol. The Balaban J connectivity index is 1.60. The van der Waals surface area contributed by atoms with Crippen LogP contribution >= 0.6 is 34.3 Å². The zero-order chi connectivity index (χ0) is 30.4. The van der Waals surface area contributed by atoms with Gasteiger partial charge in [0.1, 0.15) is 27.0 Å². The van der Waals surface area contributed by atoms with E-state index in [2.05, 4.69) is 13.8 Å². The van der Waals surface area contributed by atoms with E-state index in [0.29, 0.717) is 43.4 Å². The molecule has 9 heteroatoms. The molecular formula is C33H34ClFN2O3S2. The van der Waals surface area contributed by atoms with Crippen LogP contribution in [0.1, 0.15) is 67.7 Å². The molecule has 4 aromatic rings. The Morgan fingerprint density at radius 2 is 1.95 bits per heavy atom. The van der Waals surface area contributed by atoms with Crippen LogP contribution in [0.5, 0.6) is 11.5 Å². The topological polar surface area (TPSA) is 61.2 Å². The van der Waals surface area contributed by atoms with Gasteiger partial charge in [0.25, 0.3) is 5.56 Å². The molecule has 0 saturated carbocycles. The van der Waals surface area contributed by atoms with Crippen LogP contribution in [0, 0.1) is 23.6 Å². The van der Waals surface area contributed by atoms with Crippen molar-refractivity contribution in [2.45, 2.75) is 67.3 Å². The number of carbonyl (C=O) groups excluding carboxylic acids is 1. The second kappa shape index (κ2) is 11.5. The number of ether oxygens (including phenoxy) is 1. The molecule has 0 N–H and O–H groups in total. The molecule has 5 rings (SSSR count). The van der Waals surface area contributed by atoms with Gasteiger partial charge in [0.15, 0.2) is 5.78 Å². The molecule has 0 amide bonds. The van der Waals surface area contributed by atoms with Gasteiger partial charge in [-0.15, -0.1) is 22.7 Å². The Morgan fingerprint density at radius 1 is 1.19 bits per heavy atom. The van der Waals surface area contributed by atoms with E-state index < -0.39 is 5.41 Å². The summed E-state index contributed by atoms with van der Waals surface area (Å²) in [6.45, 7) is 12.1. The molecule has 0 unspecified atom stereocenters. The molecule has 0 aliphatic heterocycles. The fourth-order valence-corrected chi connectivity index (χ4v) is 7.30. The first-order valence-electron chi connectivity index (χ1n) is 13.9. The van der Waals surface area contributed by atoms with E-state index in [1.54, 1.807) is 65.3 Å². The first kappa shape index (κ1) is 30.4. The van der Waals surface area contributed by atoms with Crippen molar-refractivity contribution < 1.29 is 13.9 Å². The largest absolute Gasteiger partial charge is 0.457 e. The van der Waals surface area contributed by atoms with Crippen molar-refractivity contribution in [3.8, 4) is 11.5 Å². The first-order chi connectivity index (χ1) is 19.7. The maximum absolute atomic E-state index is 13.9. The Labute approximate surface area is 258 Å². The van der Waals surface area contributed by atoms with Crippen LogP contribution in [0.15, 0.2) is 41.2 Å². The van der Waals surface area contributed by atoms with E-state index in [4.69, 9.17) is 21.3 Å². The summed E-state index contributed by atoms with van der Waals surface area (Å²) >= 11 is 9.21. The van der Waals surface area contributed by atoms with Crippen LogP contribution in [-0.4, -0.2) is 15.3 Å². The molecule has 42 heavy (non-hydrogen) atoms. The number of halogens is 2. The Kier molecular flexibility index (Phi) is 8.36.